The van der Waals surface area contributed by atoms with Gasteiger partial charge in [-0.05, 0) is 30.4 Å². The molecule has 5 heteroatoms. The van der Waals surface area contributed by atoms with Gasteiger partial charge in [0.2, 0.25) is 5.91 Å². The first-order valence-corrected chi connectivity index (χ1v) is 7.37. The summed E-state index contributed by atoms with van der Waals surface area (Å²) in [5.41, 5.74) is 5.77. The highest BCUT2D eigenvalue weighted by atomic mass is 32.1. The van der Waals surface area contributed by atoms with Gasteiger partial charge in [-0.2, -0.15) is 0 Å². The lowest BCUT2D eigenvalue weighted by Gasteiger charge is -2.37. The zero-order valence-corrected chi connectivity index (χ0v) is 11.9. The lowest BCUT2D eigenvalue weighted by atomic mass is 9.99. The summed E-state index contributed by atoms with van der Waals surface area (Å²) in [6.45, 7) is 1.20. The number of hydrogen-bond acceptors (Lipinski definition) is 4. The molecule has 0 bridgehead atoms. The van der Waals surface area contributed by atoms with Crippen LogP contribution in [0.25, 0.3) is 6.08 Å². The number of hydrogen-bond donors (Lipinski definition) is 1. The monoisotopic (exact) mass is 280 g/mol. The van der Waals surface area contributed by atoms with E-state index in [-0.39, 0.29) is 18.1 Å². The second-order valence-electron chi connectivity index (χ2n) is 4.65. The Labute approximate surface area is 117 Å². The Bertz CT molecular complexity index is 431. The maximum absolute atomic E-state index is 12.2. The fourth-order valence-corrected chi connectivity index (χ4v) is 3.00. The molecule has 0 spiro atoms. The minimum Gasteiger partial charge on any atom is -0.381 e. The zero-order chi connectivity index (χ0) is 13.7. The van der Waals surface area contributed by atoms with E-state index in [4.69, 9.17) is 10.5 Å². The minimum atomic E-state index is 0.0402. The molecule has 19 heavy (non-hydrogen) atoms. The first kappa shape index (κ1) is 14.2. The Morgan fingerprint density at radius 1 is 1.68 bits per heavy atom. The summed E-state index contributed by atoms with van der Waals surface area (Å²) in [6, 6.07) is 4.05. The van der Waals surface area contributed by atoms with Crippen molar-refractivity contribution in [3.63, 3.8) is 0 Å². The molecule has 1 aliphatic rings. The summed E-state index contributed by atoms with van der Waals surface area (Å²) < 4.78 is 5.36. The molecule has 1 aromatic rings. The van der Waals surface area contributed by atoms with Crippen molar-refractivity contribution in [2.75, 3.05) is 20.2 Å². The van der Waals surface area contributed by atoms with Gasteiger partial charge in [0.1, 0.15) is 0 Å². The van der Waals surface area contributed by atoms with Crippen molar-refractivity contribution in [3.05, 3.63) is 28.5 Å². The van der Waals surface area contributed by atoms with Gasteiger partial charge in [-0.1, -0.05) is 6.07 Å². The van der Waals surface area contributed by atoms with E-state index < -0.39 is 0 Å². The van der Waals surface area contributed by atoms with Crippen molar-refractivity contribution in [1.29, 1.82) is 0 Å². The SMILES string of the molecule is COC1CCN(C(=O)/C=C/c2cccs2)C(CN)C1. The summed E-state index contributed by atoms with van der Waals surface area (Å²) in [6.07, 6.45) is 5.43. The van der Waals surface area contributed by atoms with E-state index in [0.717, 1.165) is 17.7 Å². The number of amides is 1. The van der Waals surface area contributed by atoms with Gasteiger partial charge < -0.3 is 15.4 Å². The van der Waals surface area contributed by atoms with Crippen LogP contribution in [-0.4, -0.2) is 43.2 Å². The van der Waals surface area contributed by atoms with E-state index in [1.807, 2.05) is 28.5 Å². The molecule has 0 radical (unpaired) electrons. The topological polar surface area (TPSA) is 55.6 Å². The number of nitrogens with two attached hydrogens (primary N) is 1. The van der Waals surface area contributed by atoms with E-state index >= 15 is 0 Å². The van der Waals surface area contributed by atoms with Crippen LogP contribution in [0, 0.1) is 0 Å². The molecule has 1 aromatic heterocycles. The first-order chi connectivity index (χ1) is 9.24. The predicted molar refractivity (Wildman–Crippen MR) is 77.9 cm³/mol. The van der Waals surface area contributed by atoms with Crippen LogP contribution in [0.3, 0.4) is 0 Å². The van der Waals surface area contributed by atoms with Gasteiger partial charge in [0.25, 0.3) is 0 Å². The van der Waals surface area contributed by atoms with E-state index in [0.29, 0.717) is 13.1 Å². The van der Waals surface area contributed by atoms with Crippen molar-refractivity contribution < 1.29 is 9.53 Å². The molecule has 1 aliphatic heterocycles. The van der Waals surface area contributed by atoms with Crippen molar-refractivity contribution in [3.8, 4) is 0 Å². The van der Waals surface area contributed by atoms with E-state index in [2.05, 4.69) is 0 Å². The Hall–Kier alpha value is -1.17. The Balaban J connectivity index is 1.98. The Morgan fingerprint density at radius 3 is 3.16 bits per heavy atom. The van der Waals surface area contributed by atoms with Crippen LogP contribution in [-0.2, 0) is 9.53 Å². The molecule has 2 atom stereocenters. The normalized spacial score (nSPS) is 24.0. The van der Waals surface area contributed by atoms with Gasteiger partial charge in [-0.3, -0.25) is 4.79 Å². The number of ether oxygens (including phenoxy) is 1. The summed E-state index contributed by atoms with van der Waals surface area (Å²) in [7, 11) is 1.71. The average Bonchev–Trinajstić information content (AvgIpc) is 2.97. The number of rotatable bonds is 4. The third-order valence-corrected chi connectivity index (χ3v) is 4.33. The van der Waals surface area contributed by atoms with Crippen molar-refractivity contribution in [2.45, 2.75) is 25.0 Å². The average molecular weight is 280 g/mol. The second kappa shape index (κ2) is 6.84. The molecule has 1 amide bonds. The van der Waals surface area contributed by atoms with Crippen LogP contribution in [0.15, 0.2) is 23.6 Å². The Morgan fingerprint density at radius 2 is 2.53 bits per heavy atom. The molecule has 0 aliphatic carbocycles. The fourth-order valence-electron chi connectivity index (χ4n) is 2.38. The standard InChI is InChI=1S/C14H20N2O2S/c1-18-12-6-7-16(11(9-12)10-15)14(17)5-4-13-3-2-8-19-13/h2-5,8,11-12H,6-7,9-10,15H2,1H3/b5-4+. The van der Waals surface area contributed by atoms with Crippen LogP contribution in [0.5, 0.6) is 0 Å². The molecule has 0 saturated carbocycles. The smallest absolute Gasteiger partial charge is 0.246 e. The maximum Gasteiger partial charge on any atom is 0.246 e. The molecule has 4 nitrogen and oxygen atoms in total. The second-order valence-corrected chi connectivity index (χ2v) is 5.63. The highest BCUT2D eigenvalue weighted by Gasteiger charge is 2.29. The van der Waals surface area contributed by atoms with Crippen LogP contribution >= 0.6 is 11.3 Å². The zero-order valence-electron chi connectivity index (χ0n) is 11.1. The van der Waals surface area contributed by atoms with Gasteiger partial charge in [-0.15, -0.1) is 11.3 Å². The maximum atomic E-state index is 12.2. The molecule has 2 rings (SSSR count). The van der Waals surface area contributed by atoms with Gasteiger partial charge >= 0.3 is 0 Å². The van der Waals surface area contributed by atoms with Crippen LogP contribution in [0.2, 0.25) is 0 Å². The third kappa shape index (κ3) is 3.65. The van der Waals surface area contributed by atoms with Crippen molar-refractivity contribution in [2.24, 2.45) is 5.73 Å². The molecule has 2 heterocycles. The van der Waals surface area contributed by atoms with Gasteiger partial charge in [0.15, 0.2) is 0 Å². The molecular weight excluding hydrogens is 260 g/mol. The van der Waals surface area contributed by atoms with Crippen molar-refractivity contribution >= 4 is 23.3 Å². The lowest BCUT2D eigenvalue weighted by Crippen LogP contribution is -2.50. The number of likely N-dealkylation sites (tertiary alicyclic amines) is 1. The number of piperidine rings is 1. The summed E-state index contributed by atoms with van der Waals surface area (Å²) in [5, 5.41) is 2.00. The molecule has 0 aromatic carbocycles. The van der Waals surface area contributed by atoms with Crippen molar-refractivity contribution in [1.82, 2.24) is 4.90 Å². The van der Waals surface area contributed by atoms with Crippen LogP contribution in [0.1, 0.15) is 17.7 Å². The molecular formula is C14H20N2O2S. The van der Waals surface area contributed by atoms with Gasteiger partial charge in [0.05, 0.1) is 6.10 Å². The largest absolute Gasteiger partial charge is 0.381 e. The number of nitrogens with zero attached hydrogens (tertiary/aromatic N) is 1. The van der Waals surface area contributed by atoms with Gasteiger partial charge in [0, 0.05) is 37.2 Å². The molecule has 104 valence electrons. The lowest BCUT2D eigenvalue weighted by molar-refractivity contribution is -0.131. The first-order valence-electron chi connectivity index (χ1n) is 6.49. The fraction of sp³-hybridized carbons (Fsp3) is 0.500. The predicted octanol–water partition coefficient (Wildman–Crippen LogP) is 1.73. The van der Waals surface area contributed by atoms with Crippen LogP contribution in [0.4, 0.5) is 0 Å². The molecule has 2 unspecified atom stereocenters. The molecule has 1 fully saturated rings. The number of carbonyl (C=O) groups excluding carboxylic acids is 1. The van der Waals surface area contributed by atoms with E-state index in [9.17, 15) is 4.79 Å². The van der Waals surface area contributed by atoms with E-state index in [1.54, 1.807) is 24.5 Å². The summed E-state index contributed by atoms with van der Waals surface area (Å²) >= 11 is 1.62. The highest BCUT2D eigenvalue weighted by Crippen LogP contribution is 2.20. The quantitative estimate of drug-likeness (QED) is 0.855. The third-order valence-electron chi connectivity index (χ3n) is 3.49. The number of methoxy groups -OCH3 is 1. The van der Waals surface area contributed by atoms with Crippen LogP contribution < -0.4 is 5.73 Å². The summed E-state index contributed by atoms with van der Waals surface area (Å²) in [4.78, 5) is 15.2. The van der Waals surface area contributed by atoms with Gasteiger partial charge in [-0.25, -0.2) is 0 Å². The molecule has 2 N–H and O–H groups in total. The van der Waals surface area contributed by atoms with E-state index in [1.165, 1.54) is 0 Å². The number of carbonyl (C=O) groups is 1. The minimum absolute atomic E-state index is 0.0402. The highest BCUT2D eigenvalue weighted by molar-refractivity contribution is 7.10. The number of thiophene rings is 1. The molecule has 1 saturated heterocycles. The summed E-state index contributed by atoms with van der Waals surface area (Å²) in [5.74, 6) is 0.0402. The Kier molecular flexibility index (Phi) is 5.13.